The second-order valence-corrected chi connectivity index (χ2v) is 5.58. The maximum atomic E-state index is 12.1. The highest BCUT2D eigenvalue weighted by molar-refractivity contribution is 5.89. The van der Waals surface area contributed by atoms with Crippen molar-refractivity contribution in [1.29, 1.82) is 0 Å². The number of hydrogen-bond donors (Lipinski definition) is 2. The molecule has 2 N–H and O–H groups in total. The van der Waals surface area contributed by atoms with Gasteiger partial charge in [0.25, 0.3) is 0 Å². The van der Waals surface area contributed by atoms with Crippen LogP contribution >= 0.6 is 12.4 Å². The molecule has 0 spiro atoms. The van der Waals surface area contributed by atoms with E-state index >= 15 is 0 Å². The standard InChI is InChI=1S/C16H20N2O2.ClH/c1-10-3-4-14-12(9-20-16(14)11(10)2)7-15(19)18-13-5-6-17-8-13;/h3-4,9,13,17H,5-8H2,1-2H3,(H,18,19);1H. The fourth-order valence-corrected chi connectivity index (χ4v) is 2.75. The summed E-state index contributed by atoms with van der Waals surface area (Å²) in [6, 6.07) is 4.39. The minimum Gasteiger partial charge on any atom is -0.464 e. The third-order valence-electron chi connectivity index (χ3n) is 4.12. The van der Waals surface area contributed by atoms with E-state index in [4.69, 9.17) is 4.42 Å². The Balaban J connectivity index is 0.00000161. The van der Waals surface area contributed by atoms with E-state index in [-0.39, 0.29) is 24.4 Å². The fraction of sp³-hybridized carbons (Fsp3) is 0.438. The first-order valence-corrected chi connectivity index (χ1v) is 7.11. The number of halogens is 1. The Hall–Kier alpha value is -1.52. The van der Waals surface area contributed by atoms with E-state index in [1.807, 2.05) is 6.07 Å². The number of hydrogen-bond acceptors (Lipinski definition) is 3. The van der Waals surface area contributed by atoms with Crippen LogP contribution in [0.1, 0.15) is 23.1 Å². The summed E-state index contributed by atoms with van der Waals surface area (Å²) in [7, 11) is 0. The summed E-state index contributed by atoms with van der Waals surface area (Å²) < 4.78 is 5.64. The smallest absolute Gasteiger partial charge is 0.224 e. The number of rotatable bonds is 3. The lowest BCUT2D eigenvalue weighted by Crippen LogP contribution is -2.37. The van der Waals surface area contributed by atoms with Crippen LogP contribution in [0.5, 0.6) is 0 Å². The molecule has 21 heavy (non-hydrogen) atoms. The highest BCUT2D eigenvalue weighted by Gasteiger charge is 2.18. The van der Waals surface area contributed by atoms with Crippen molar-refractivity contribution in [2.45, 2.75) is 32.7 Å². The van der Waals surface area contributed by atoms with Gasteiger partial charge in [0.05, 0.1) is 12.7 Å². The Kier molecular flexibility index (Phi) is 4.91. The molecule has 1 unspecified atom stereocenters. The number of carbonyl (C=O) groups excluding carboxylic acids is 1. The molecule has 2 heterocycles. The van der Waals surface area contributed by atoms with Crippen LogP contribution in [0.4, 0.5) is 0 Å². The summed E-state index contributed by atoms with van der Waals surface area (Å²) in [5, 5.41) is 7.36. The Bertz CT molecular complexity index is 645. The van der Waals surface area contributed by atoms with Gasteiger partial charge in [-0.15, -0.1) is 12.4 Å². The molecule has 5 heteroatoms. The highest BCUT2D eigenvalue weighted by Crippen LogP contribution is 2.26. The van der Waals surface area contributed by atoms with Gasteiger partial charge in [0.15, 0.2) is 0 Å². The van der Waals surface area contributed by atoms with Gasteiger partial charge in [-0.3, -0.25) is 4.79 Å². The number of fused-ring (bicyclic) bond motifs is 1. The fourth-order valence-electron chi connectivity index (χ4n) is 2.75. The van der Waals surface area contributed by atoms with Gasteiger partial charge in [0.1, 0.15) is 5.58 Å². The summed E-state index contributed by atoms with van der Waals surface area (Å²) in [6.07, 6.45) is 3.10. The average molecular weight is 309 g/mol. The predicted molar refractivity (Wildman–Crippen MR) is 86.1 cm³/mol. The number of nitrogens with one attached hydrogen (secondary N) is 2. The largest absolute Gasteiger partial charge is 0.464 e. The summed E-state index contributed by atoms with van der Waals surface area (Å²) in [5.74, 6) is 0.0691. The molecule has 1 aliphatic rings. The maximum absolute atomic E-state index is 12.1. The molecule has 1 aromatic heterocycles. The molecule has 0 radical (unpaired) electrons. The quantitative estimate of drug-likeness (QED) is 0.916. The second-order valence-electron chi connectivity index (χ2n) is 5.58. The molecule has 1 amide bonds. The van der Waals surface area contributed by atoms with Gasteiger partial charge in [-0.1, -0.05) is 12.1 Å². The summed E-state index contributed by atoms with van der Waals surface area (Å²) >= 11 is 0. The van der Waals surface area contributed by atoms with Gasteiger partial charge in [-0.2, -0.15) is 0 Å². The minimum absolute atomic E-state index is 0. The zero-order valence-corrected chi connectivity index (χ0v) is 13.2. The van der Waals surface area contributed by atoms with E-state index in [0.29, 0.717) is 6.42 Å². The number of amides is 1. The van der Waals surface area contributed by atoms with Crippen molar-refractivity contribution in [3.8, 4) is 0 Å². The van der Waals surface area contributed by atoms with Crippen LogP contribution in [0.2, 0.25) is 0 Å². The molecule has 1 fully saturated rings. The van der Waals surface area contributed by atoms with Crippen LogP contribution in [0, 0.1) is 13.8 Å². The zero-order valence-electron chi connectivity index (χ0n) is 12.4. The molecule has 0 saturated carbocycles. The molecule has 1 aromatic carbocycles. The molecule has 4 nitrogen and oxygen atoms in total. The first-order valence-electron chi connectivity index (χ1n) is 7.11. The first-order chi connectivity index (χ1) is 9.65. The normalized spacial score (nSPS) is 17.7. The molecule has 1 atom stereocenters. The van der Waals surface area contributed by atoms with Gasteiger partial charge in [0, 0.05) is 23.5 Å². The first kappa shape index (κ1) is 15.9. The summed E-state index contributed by atoms with van der Waals surface area (Å²) in [6.45, 7) is 5.97. The van der Waals surface area contributed by atoms with E-state index in [9.17, 15) is 4.79 Å². The van der Waals surface area contributed by atoms with Gasteiger partial charge < -0.3 is 15.1 Å². The molecular formula is C16H21ClN2O2. The topological polar surface area (TPSA) is 54.3 Å². The van der Waals surface area contributed by atoms with Crippen molar-refractivity contribution in [3.05, 3.63) is 35.1 Å². The molecule has 0 bridgehead atoms. The van der Waals surface area contributed by atoms with Crippen LogP contribution in [0.3, 0.4) is 0 Å². The van der Waals surface area contributed by atoms with E-state index in [2.05, 4.69) is 30.5 Å². The molecule has 0 aliphatic carbocycles. The maximum Gasteiger partial charge on any atom is 0.224 e. The van der Waals surface area contributed by atoms with Crippen LogP contribution in [0.25, 0.3) is 11.0 Å². The van der Waals surface area contributed by atoms with E-state index < -0.39 is 0 Å². The Morgan fingerprint density at radius 3 is 2.95 bits per heavy atom. The monoisotopic (exact) mass is 308 g/mol. The predicted octanol–water partition coefficient (Wildman–Crippen LogP) is 2.49. The number of benzene rings is 1. The molecule has 1 saturated heterocycles. The molecule has 1 aliphatic heterocycles. The second kappa shape index (κ2) is 6.50. The SMILES string of the molecule is Cc1ccc2c(CC(=O)NC3CCNC3)coc2c1C.Cl. The van der Waals surface area contributed by atoms with Gasteiger partial charge in [-0.25, -0.2) is 0 Å². The van der Waals surface area contributed by atoms with Crippen molar-refractivity contribution < 1.29 is 9.21 Å². The van der Waals surface area contributed by atoms with E-state index in [0.717, 1.165) is 41.6 Å². The van der Waals surface area contributed by atoms with Gasteiger partial charge in [-0.05, 0) is 37.9 Å². The number of carbonyl (C=O) groups is 1. The van der Waals surface area contributed by atoms with Gasteiger partial charge >= 0.3 is 0 Å². The average Bonchev–Trinajstić information content (AvgIpc) is 3.04. The van der Waals surface area contributed by atoms with E-state index in [1.54, 1.807) is 6.26 Å². The van der Waals surface area contributed by atoms with E-state index in [1.165, 1.54) is 5.56 Å². The molecule has 2 aromatic rings. The van der Waals surface area contributed by atoms with Gasteiger partial charge in [0.2, 0.25) is 5.91 Å². The Labute approximate surface area is 130 Å². The highest BCUT2D eigenvalue weighted by atomic mass is 35.5. The third kappa shape index (κ3) is 3.22. The van der Waals surface area contributed by atoms with Crippen molar-refractivity contribution in [1.82, 2.24) is 10.6 Å². The van der Waals surface area contributed by atoms with Crippen molar-refractivity contribution in [2.24, 2.45) is 0 Å². The van der Waals surface area contributed by atoms with Crippen molar-refractivity contribution in [3.63, 3.8) is 0 Å². The Morgan fingerprint density at radius 1 is 1.43 bits per heavy atom. The summed E-state index contributed by atoms with van der Waals surface area (Å²) in [5.41, 5.74) is 4.22. The third-order valence-corrected chi connectivity index (χ3v) is 4.12. The van der Waals surface area contributed by atoms with Crippen LogP contribution in [0.15, 0.2) is 22.8 Å². The van der Waals surface area contributed by atoms with Crippen LogP contribution in [-0.4, -0.2) is 25.0 Å². The molecule has 114 valence electrons. The number of aryl methyl sites for hydroxylation is 2. The lowest BCUT2D eigenvalue weighted by molar-refractivity contribution is -0.121. The lowest BCUT2D eigenvalue weighted by atomic mass is 10.0. The zero-order chi connectivity index (χ0) is 14.1. The summed E-state index contributed by atoms with van der Waals surface area (Å²) in [4.78, 5) is 12.1. The lowest BCUT2D eigenvalue weighted by Gasteiger charge is -2.10. The molecule has 3 rings (SSSR count). The van der Waals surface area contributed by atoms with Crippen LogP contribution < -0.4 is 10.6 Å². The Morgan fingerprint density at radius 2 is 2.24 bits per heavy atom. The van der Waals surface area contributed by atoms with Crippen molar-refractivity contribution >= 4 is 29.3 Å². The molecular weight excluding hydrogens is 288 g/mol. The van der Waals surface area contributed by atoms with Crippen LogP contribution in [-0.2, 0) is 11.2 Å². The van der Waals surface area contributed by atoms with Crippen molar-refractivity contribution in [2.75, 3.05) is 13.1 Å². The number of furan rings is 1. The minimum atomic E-state index is 0.